The zero-order chi connectivity index (χ0) is 12.3. The van der Waals surface area contributed by atoms with Crippen molar-refractivity contribution in [1.82, 2.24) is 5.32 Å². The van der Waals surface area contributed by atoms with Crippen LogP contribution in [-0.2, 0) is 6.54 Å². The SMILES string of the molecule is CNCc1ccc(F)c(-c2ccc(Br)cc2)c1. The Morgan fingerprint density at radius 1 is 1.12 bits per heavy atom. The molecule has 2 aromatic carbocycles. The Labute approximate surface area is 109 Å². The number of benzene rings is 2. The first-order chi connectivity index (χ1) is 8.20. The minimum absolute atomic E-state index is 0.188. The molecule has 0 saturated heterocycles. The Hall–Kier alpha value is -1.19. The molecule has 0 saturated carbocycles. The van der Waals surface area contributed by atoms with Crippen molar-refractivity contribution in [3.63, 3.8) is 0 Å². The van der Waals surface area contributed by atoms with E-state index in [2.05, 4.69) is 21.2 Å². The van der Waals surface area contributed by atoms with Gasteiger partial charge in [0.25, 0.3) is 0 Å². The van der Waals surface area contributed by atoms with Gasteiger partial charge in [-0.05, 0) is 42.4 Å². The molecule has 1 nitrogen and oxygen atoms in total. The Kier molecular flexibility index (Phi) is 3.92. The van der Waals surface area contributed by atoms with E-state index in [1.165, 1.54) is 6.07 Å². The Bertz CT molecular complexity index is 508. The normalized spacial score (nSPS) is 10.5. The highest BCUT2D eigenvalue weighted by Gasteiger charge is 2.05. The first-order valence-corrected chi connectivity index (χ1v) is 6.19. The maximum absolute atomic E-state index is 13.8. The molecule has 0 aliphatic heterocycles. The highest BCUT2D eigenvalue weighted by atomic mass is 79.9. The lowest BCUT2D eigenvalue weighted by atomic mass is 10.0. The average molecular weight is 294 g/mol. The van der Waals surface area contributed by atoms with Gasteiger partial charge in [0.1, 0.15) is 5.82 Å². The number of nitrogens with one attached hydrogen (secondary N) is 1. The standard InChI is InChI=1S/C14H13BrFN/c1-17-9-10-2-7-14(16)13(8-10)11-3-5-12(15)6-4-11/h2-8,17H,9H2,1H3. The molecule has 88 valence electrons. The van der Waals surface area contributed by atoms with E-state index in [1.54, 1.807) is 6.07 Å². The van der Waals surface area contributed by atoms with Crippen LogP contribution in [0.4, 0.5) is 4.39 Å². The third-order valence-electron chi connectivity index (χ3n) is 2.57. The molecule has 0 bridgehead atoms. The van der Waals surface area contributed by atoms with E-state index in [4.69, 9.17) is 0 Å². The molecule has 2 aromatic rings. The molecule has 0 aromatic heterocycles. The van der Waals surface area contributed by atoms with E-state index in [0.29, 0.717) is 5.56 Å². The molecule has 1 N–H and O–H groups in total. The minimum Gasteiger partial charge on any atom is -0.316 e. The van der Waals surface area contributed by atoms with E-state index < -0.39 is 0 Å². The van der Waals surface area contributed by atoms with E-state index in [0.717, 1.165) is 22.1 Å². The number of halogens is 2. The number of hydrogen-bond donors (Lipinski definition) is 1. The van der Waals surface area contributed by atoms with Gasteiger partial charge < -0.3 is 5.32 Å². The third kappa shape index (κ3) is 2.93. The lowest BCUT2D eigenvalue weighted by Gasteiger charge is -2.07. The second kappa shape index (κ2) is 5.43. The van der Waals surface area contributed by atoms with Gasteiger partial charge in [0, 0.05) is 16.6 Å². The molecular weight excluding hydrogens is 281 g/mol. The maximum Gasteiger partial charge on any atom is 0.131 e. The van der Waals surface area contributed by atoms with Gasteiger partial charge in [-0.1, -0.05) is 34.1 Å². The summed E-state index contributed by atoms with van der Waals surface area (Å²) in [5.74, 6) is -0.188. The van der Waals surface area contributed by atoms with Crippen LogP contribution in [0.15, 0.2) is 46.9 Å². The summed E-state index contributed by atoms with van der Waals surface area (Å²) in [6.07, 6.45) is 0. The van der Waals surface area contributed by atoms with Gasteiger partial charge in [-0.25, -0.2) is 4.39 Å². The van der Waals surface area contributed by atoms with Crippen molar-refractivity contribution < 1.29 is 4.39 Å². The van der Waals surface area contributed by atoms with Crippen LogP contribution in [0.5, 0.6) is 0 Å². The van der Waals surface area contributed by atoms with Crippen molar-refractivity contribution in [2.24, 2.45) is 0 Å². The van der Waals surface area contributed by atoms with Crippen molar-refractivity contribution in [3.8, 4) is 11.1 Å². The van der Waals surface area contributed by atoms with Gasteiger partial charge in [0.05, 0.1) is 0 Å². The lowest BCUT2D eigenvalue weighted by Crippen LogP contribution is -2.05. The quantitative estimate of drug-likeness (QED) is 0.903. The maximum atomic E-state index is 13.8. The van der Waals surface area contributed by atoms with Crippen molar-refractivity contribution >= 4 is 15.9 Å². The number of hydrogen-bond acceptors (Lipinski definition) is 1. The van der Waals surface area contributed by atoms with Gasteiger partial charge >= 0.3 is 0 Å². The molecular formula is C14H13BrFN. The molecule has 0 aliphatic carbocycles. The smallest absolute Gasteiger partial charge is 0.131 e. The van der Waals surface area contributed by atoms with Gasteiger partial charge in [0.2, 0.25) is 0 Å². The molecule has 17 heavy (non-hydrogen) atoms. The lowest BCUT2D eigenvalue weighted by molar-refractivity contribution is 0.630. The minimum atomic E-state index is -0.188. The fraction of sp³-hybridized carbons (Fsp3) is 0.143. The molecule has 0 unspecified atom stereocenters. The van der Waals surface area contributed by atoms with Crippen LogP contribution in [0.25, 0.3) is 11.1 Å². The van der Waals surface area contributed by atoms with Crippen molar-refractivity contribution in [1.29, 1.82) is 0 Å². The Morgan fingerprint density at radius 2 is 1.82 bits per heavy atom. The topological polar surface area (TPSA) is 12.0 Å². The monoisotopic (exact) mass is 293 g/mol. The van der Waals surface area contributed by atoms with Crippen LogP contribution in [0.3, 0.4) is 0 Å². The van der Waals surface area contributed by atoms with Crippen LogP contribution in [0, 0.1) is 5.82 Å². The van der Waals surface area contributed by atoms with Crippen molar-refractivity contribution in [2.45, 2.75) is 6.54 Å². The fourth-order valence-electron chi connectivity index (χ4n) is 1.74. The summed E-state index contributed by atoms with van der Waals surface area (Å²) in [7, 11) is 1.88. The molecule has 0 heterocycles. The summed E-state index contributed by atoms with van der Waals surface area (Å²) in [5.41, 5.74) is 2.61. The predicted octanol–water partition coefficient (Wildman–Crippen LogP) is 3.97. The van der Waals surface area contributed by atoms with E-state index in [9.17, 15) is 4.39 Å². The van der Waals surface area contributed by atoms with Crippen LogP contribution >= 0.6 is 15.9 Å². The summed E-state index contributed by atoms with van der Waals surface area (Å²) in [6.45, 7) is 0.740. The predicted molar refractivity (Wildman–Crippen MR) is 72.3 cm³/mol. The molecule has 3 heteroatoms. The first-order valence-electron chi connectivity index (χ1n) is 5.39. The van der Waals surface area contributed by atoms with Crippen LogP contribution in [0.2, 0.25) is 0 Å². The van der Waals surface area contributed by atoms with Crippen LogP contribution in [0.1, 0.15) is 5.56 Å². The van der Waals surface area contributed by atoms with Crippen LogP contribution in [-0.4, -0.2) is 7.05 Å². The molecule has 0 amide bonds. The molecule has 2 rings (SSSR count). The molecule has 0 radical (unpaired) electrons. The summed E-state index contributed by atoms with van der Waals surface area (Å²) in [6, 6.07) is 12.9. The highest BCUT2D eigenvalue weighted by Crippen LogP contribution is 2.25. The first kappa shape index (κ1) is 12.3. The summed E-state index contributed by atoms with van der Waals surface area (Å²) in [5, 5.41) is 3.06. The second-order valence-corrected chi connectivity index (χ2v) is 4.77. The van der Waals surface area contributed by atoms with Crippen LogP contribution < -0.4 is 5.32 Å². The van der Waals surface area contributed by atoms with Gasteiger partial charge in [0.15, 0.2) is 0 Å². The zero-order valence-corrected chi connectivity index (χ0v) is 11.1. The van der Waals surface area contributed by atoms with E-state index >= 15 is 0 Å². The molecule has 0 fully saturated rings. The second-order valence-electron chi connectivity index (χ2n) is 3.85. The van der Waals surface area contributed by atoms with Crippen molar-refractivity contribution in [3.05, 3.63) is 58.3 Å². The average Bonchev–Trinajstić information content (AvgIpc) is 2.33. The largest absolute Gasteiger partial charge is 0.316 e. The Morgan fingerprint density at radius 3 is 2.47 bits per heavy atom. The summed E-state index contributed by atoms with van der Waals surface area (Å²) >= 11 is 3.37. The van der Waals surface area contributed by atoms with Gasteiger partial charge in [-0.2, -0.15) is 0 Å². The summed E-state index contributed by atoms with van der Waals surface area (Å²) in [4.78, 5) is 0. The van der Waals surface area contributed by atoms with Gasteiger partial charge in [-0.15, -0.1) is 0 Å². The molecule has 0 atom stereocenters. The van der Waals surface area contributed by atoms with Crippen molar-refractivity contribution in [2.75, 3.05) is 7.05 Å². The fourth-order valence-corrected chi connectivity index (χ4v) is 2.00. The molecule has 0 spiro atoms. The zero-order valence-electron chi connectivity index (χ0n) is 9.50. The third-order valence-corrected chi connectivity index (χ3v) is 3.10. The number of rotatable bonds is 3. The highest BCUT2D eigenvalue weighted by molar-refractivity contribution is 9.10. The van der Waals surface area contributed by atoms with E-state index in [1.807, 2.05) is 37.4 Å². The summed E-state index contributed by atoms with van der Waals surface area (Å²) < 4.78 is 14.8. The Balaban J connectivity index is 2.42. The molecule has 0 aliphatic rings. The van der Waals surface area contributed by atoms with Gasteiger partial charge in [-0.3, -0.25) is 0 Å². The van der Waals surface area contributed by atoms with E-state index in [-0.39, 0.29) is 5.82 Å².